The van der Waals surface area contributed by atoms with Gasteiger partial charge in [0.1, 0.15) is 11.6 Å². The quantitative estimate of drug-likeness (QED) is 0.872. The van der Waals surface area contributed by atoms with Gasteiger partial charge in [-0.2, -0.15) is 0 Å². The summed E-state index contributed by atoms with van der Waals surface area (Å²) in [5.74, 6) is -0.216. The molecule has 1 fully saturated rings. The summed E-state index contributed by atoms with van der Waals surface area (Å²) < 4.78 is 5.60. The number of nitrogens with one attached hydrogen (secondary N) is 1. The molecule has 1 heterocycles. The number of halogens is 1. The van der Waals surface area contributed by atoms with Crippen LogP contribution in [-0.2, 0) is 9.53 Å². The van der Waals surface area contributed by atoms with Gasteiger partial charge in [-0.25, -0.2) is 4.79 Å². The first-order valence-electron chi connectivity index (χ1n) is 7.30. The van der Waals surface area contributed by atoms with Crippen molar-refractivity contribution >= 4 is 17.6 Å². The summed E-state index contributed by atoms with van der Waals surface area (Å²) in [6, 6.07) is 7.07. The monoisotopic (exact) mass is 310 g/mol. The van der Waals surface area contributed by atoms with Gasteiger partial charge in [-0.1, -0.05) is 23.7 Å². The zero-order valence-corrected chi connectivity index (χ0v) is 13.6. The lowest BCUT2D eigenvalue weighted by atomic mass is 10.0. The topological polar surface area (TPSA) is 41.6 Å². The summed E-state index contributed by atoms with van der Waals surface area (Å²) in [6.45, 7) is 9.04. The van der Waals surface area contributed by atoms with Crippen LogP contribution in [0.25, 0.3) is 0 Å². The molecule has 1 atom stereocenters. The third-order valence-electron chi connectivity index (χ3n) is 3.31. The van der Waals surface area contributed by atoms with Gasteiger partial charge in [-0.3, -0.25) is 4.90 Å². The van der Waals surface area contributed by atoms with E-state index < -0.39 is 11.6 Å². The predicted octanol–water partition coefficient (Wildman–Crippen LogP) is 2.63. The molecular formula is C16H23ClN2O2. The molecule has 1 saturated heterocycles. The first-order chi connectivity index (χ1) is 9.87. The van der Waals surface area contributed by atoms with Crippen LogP contribution in [0, 0.1) is 0 Å². The maximum absolute atomic E-state index is 12.6. The number of esters is 1. The Morgan fingerprint density at radius 2 is 2.00 bits per heavy atom. The molecule has 0 aliphatic carbocycles. The summed E-state index contributed by atoms with van der Waals surface area (Å²) >= 11 is 6.08. The van der Waals surface area contributed by atoms with Crippen LogP contribution >= 0.6 is 11.6 Å². The Hall–Kier alpha value is -1.10. The second-order valence-corrected chi connectivity index (χ2v) is 6.71. The smallest absolute Gasteiger partial charge is 0.328 e. The Bertz CT molecular complexity index is 493. The molecule has 4 nitrogen and oxygen atoms in total. The van der Waals surface area contributed by atoms with Crippen molar-refractivity contribution in [2.45, 2.75) is 32.4 Å². The highest BCUT2D eigenvalue weighted by Gasteiger charge is 2.32. The molecule has 21 heavy (non-hydrogen) atoms. The van der Waals surface area contributed by atoms with E-state index in [-0.39, 0.29) is 5.97 Å². The predicted molar refractivity (Wildman–Crippen MR) is 84.5 cm³/mol. The van der Waals surface area contributed by atoms with Gasteiger partial charge in [-0.05, 0) is 38.5 Å². The summed E-state index contributed by atoms with van der Waals surface area (Å²) in [5.41, 5.74) is 0.390. The fraction of sp³-hybridized carbons (Fsp3) is 0.562. The molecule has 0 amide bonds. The van der Waals surface area contributed by atoms with Gasteiger partial charge in [-0.15, -0.1) is 0 Å². The van der Waals surface area contributed by atoms with E-state index in [4.69, 9.17) is 16.3 Å². The van der Waals surface area contributed by atoms with E-state index in [0.29, 0.717) is 5.02 Å². The van der Waals surface area contributed by atoms with Crippen LogP contribution in [0.4, 0.5) is 0 Å². The number of ether oxygens (including phenoxy) is 1. The van der Waals surface area contributed by atoms with Crippen LogP contribution < -0.4 is 5.32 Å². The minimum Gasteiger partial charge on any atom is -0.459 e. The molecule has 0 radical (unpaired) electrons. The Morgan fingerprint density at radius 3 is 2.57 bits per heavy atom. The van der Waals surface area contributed by atoms with Crippen LogP contribution in [0.15, 0.2) is 24.3 Å². The molecule has 0 bridgehead atoms. The van der Waals surface area contributed by atoms with Gasteiger partial charge >= 0.3 is 5.97 Å². The van der Waals surface area contributed by atoms with Gasteiger partial charge in [0, 0.05) is 31.2 Å². The van der Waals surface area contributed by atoms with E-state index in [2.05, 4.69) is 10.2 Å². The highest BCUT2D eigenvalue weighted by molar-refractivity contribution is 6.30. The second-order valence-electron chi connectivity index (χ2n) is 6.28. The molecule has 0 saturated carbocycles. The largest absolute Gasteiger partial charge is 0.459 e. The number of hydrogen-bond acceptors (Lipinski definition) is 4. The average molecular weight is 311 g/mol. The first kappa shape index (κ1) is 16.3. The fourth-order valence-corrected chi connectivity index (χ4v) is 2.67. The van der Waals surface area contributed by atoms with E-state index in [1.807, 2.05) is 45.0 Å². The van der Waals surface area contributed by atoms with E-state index >= 15 is 0 Å². The third-order valence-corrected chi connectivity index (χ3v) is 3.55. The Kier molecular flexibility index (Phi) is 5.25. The minimum atomic E-state index is -0.498. The van der Waals surface area contributed by atoms with Crippen molar-refractivity contribution < 1.29 is 9.53 Å². The lowest BCUT2D eigenvalue weighted by molar-refractivity contribution is -0.162. The molecular weight excluding hydrogens is 288 g/mol. The minimum absolute atomic E-state index is 0.216. The summed E-state index contributed by atoms with van der Waals surface area (Å²) in [5, 5.41) is 3.94. The number of carbonyl (C=O) groups is 1. The van der Waals surface area contributed by atoms with Gasteiger partial charge in [0.15, 0.2) is 0 Å². The van der Waals surface area contributed by atoms with Crippen LogP contribution in [0.3, 0.4) is 0 Å². The van der Waals surface area contributed by atoms with Crippen molar-refractivity contribution in [3.8, 4) is 0 Å². The number of carbonyl (C=O) groups excluding carboxylic acids is 1. The Labute approximate surface area is 131 Å². The molecule has 5 heteroatoms. The highest BCUT2D eigenvalue weighted by Crippen LogP contribution is 2.27. The van der Waals surface area contributed by atoms with Crippen LogP contribution in [0.2, 0.25) is 5.02 Å². The standard InChI is InChI=1S/C16H23ClN2O2/c1-16(2,3)21-15(20)14(19-9-7-18-8-10-19)12-5-4-6-13(17)11-12/h4-6,11,14,18H,7-10H2,1-3H3. The van der Waals surface area contributed by atoms with Crippen molar-refractivity contribution in [1.29, 1.82) is 0 Å². The van der Waals surface area contributed by atoms with Gasteiger partial charge in [0.05, 0.1) is 0 Å². The van der Waals surface area contributed by atoms with Crippen molar-refractivity contribution in [2.24, 2.45) is 0 Å². The van der Waals surface area contributed by atoms with Crippen LogP contribution in [-0.4, -0.2) is 42.6 Å². The van der Waals surface area contributed by atoms with Gasteiger partial charge in [0.25, 0.3) is 0 Å². The van der Waals surface area contributed by atoms with E-state index in [1.165, 1.54) is 0 Å². The lowest BCUT2D eigenvalue weighted by Crippen LogP contribution is -2.48. The molecule has 1 unspecified atom stereocenters. The highest BCUT2D eigenvalue weighted by atomic mass is 35.5. The molecule has 0 spiro atoms. The maximum Gasteiger partial charge on any atom is 0.328 e. The lowest BCUT2D eigenvalue weighted by Gasteiger charge is -2.35. The molecule has 0 aromatic heterocycles. The second kappa shape index (κ2) is 6.77. The zero-order valence-electron chi connectivity index (χ0n) is 12.9. The molecule has 116 valence electrons. The van der Waals surface area contributed by atoms with Gasteiger partial charge in [0.2, 0.25) is 0 Å². The summed E-state index contributed by atoms with van der Waals surface area (Å²) in [6.07, 6.45) is 0. The zero-order chi connectivity index (χ0) is 15.5. The van der Waals surface area contributed by atoms with Crippen LogP contribution in [0.1, 0.15) is 32.4 Å². The maximum atomic E-state index is 12.6. The normalized spacial score (nSPS) is 18.3. The molecule has 1 aromatic carbocycles. The first-order valence-corrected chi connectivity index (χ1v) is 7.68. The number of nitrogens with zero attached hydrogens (tertiary/aromatic N) is 1. The Balaban J connectivity index is 2.27. The fourth-order valence-electron chi connectivity index (χ4n) is 2.47. The molecule has 1 aliphatic heterocycles. The number of rotatable bonds is 3. The molecule has 1 aliphatic rings. The van der Waals surface area contributed by atoms with Gasteiger partial charge < -0.3 is 10.1 Å². The molecule has 2 rings (SSSR count). The van der Waals surface area contributed by atoms with Crippen molar-refractivity contribution in [1.82, 2.24) is 10.2 Å². The number of hydrogen-bond donors (Lipinski definition) is 1. The third kappa shape index (κ3) is 4.70. The van der Waals surface area contributed by atoms with Crippen molar-refractivity contribution in [3.05, 3.63) is 34.9 Å². The average Bonchev–Trinajstić information content (AvgIpc) is 2.38. The summed E-state index contributed by atoms with van der Waals surface area (Å²) in [7, 11) is 0. The molecule has 1 aromatic rings. The van der Waals surface area contributed by atoms with Crippen LogP contribution in [0.5, 0.6) is 0 Å². The van der Waals surface area contributed by atoms with Crippen molar-refractivity contribution in [2.75, 3.05) is 26.2 Å². The SMILES string of the molecule is CC(C)(C)OC(=O)C(c1cccc(Cl)c1)N1CCNCC1. The Morgan fingerprint density at radius 1 is 1.33 bits per heavy atom. The number of benzene rings is 1. The van der Waals surface area contributed by atoms with Crippen molar-refractivity contribution in [3.63, 3.8) is 0 Å². The van der Waals surface area contributed by atoms with E-state index in [1.54, 1.807) is 0 Å². The molecule has 1 N–H and O–H groups in total. The van der Waals surface area contributed by atoms with E-state index in [9.17, 15) is 4.79 Å². The number of piperazine rings is 1. The summed E-state index contributed by atoms with van der Waals surface area (Å²) in [4.78, 5) is 14.8. The van der Waals surface area contributed by atoms with E-state index in [0.717, 1.165) is 31.7 Å².